The van der Waals surface area contributed by atoms with Crippen molar-refractivity contribution in [2.75, 3.05) is 30.8 Å². The van der Waals surface area contributed by atoms with Crippen molar-refractivity contribution in [3.05, 3.63) is 30.6 Å². The predicted molar refractivity (Wildman–Crippen MR) is 73.6 cm³/mol. The number of nitrogens with two attached hydrogens (primary N) is 1. The van der Waals surface area contributed by atoms with Gasteiger partial charge in [0.2, 0.25) is 0 Å². The van der Waals surface area contributed by atoms with Crippen molar-refractivity contribution in [3.63, 3.8) is 0 Å². The summed E-state index contributed by atoms with van der Waals surface area (Å²) < 4.78 is 5.40. The molecule has 1 aromatic rings. The van der Waals surface area contributed by atoms with Crippen LogP contribution in [0, 0.1) is 0 Å². The van der Waals surface area contributed by atoms with E-state index in [1.807, 2.05) is 18.2 Å². The van der Waals surface area contributed by atoms with Gasteiger partial charge in [0.05, 0.1) is 12.8 Å². The molecule has 4 nitrogen and oxygen atoms in total. The molecule has 2 N–H and O–H groups in total. The zero-order valence-electron chi connectivity index (χ0n) is 10.7. The number of rotatable bonds is 3. The molecule has 0 amide bonds. The molecule has 4 heteroatoms. The largest absolute Gasteiger partial charge is 0.494 e. The summed E-state index contributed by atoms with van der Waals surface area (Å²) in [7, 11) is 1.68. The van der Waals surface area contributed by atoms with Gasteiger partial charge in [-0.15, -0.1) is 0 Å². The number of benzene rings is 1. The van der Waals surface area contributed by atoms with Crippen molar-refractivity contribution in [2.24, 2.45) is 0 Å². The standard InChI is InChI=1S/C14H19N3O/c1-18-14-10-11(15)2-5-13(14)17-8-6-16(7-9-17)12-3-4-12/h2,5-6,8,10,12H,3-4,7,9,15H2,1H3. The number of hydrogen-bond acceptors (Lipinski definition) is 4. The van der Waals surface area contributed by atoms with Crippen LogP contribution in [0.2, 0.25) is 0 Å². The normalized spacial score (nSPS) is 19.2. The van der Waals surface area contributed by atoms with Gasteiger partial charge in [0.25, 0.3) is 0 Å². The van der Waals surface area contributed by atoms with Crippen LogP contribution in [0.15, 0.2) is 30.6 Å². The lowest BCUT2D eigenvalue weighted by Gasteiger charge is -2.32. The van der Waals surface area contributed by atoms with Crippen LogP contribution >= 0.6 is 0 Å². The molecule has 0 aromatic heterocycles. The molecule has 0 saturated heterocycles. The fourth-order valence-corrected chi connectivity index (χ4v) is 2.38. The van der Waals surface area contributed by atoms with Crippen LogP contribution in [0.3, 0.4) is 0 Å². The van der Waals surface area contributed by atoms with E-state index in [2.05, 4.69) is 22.2 Å². The van der Waals surface area contributed by atoms with E-state index in [9.17, 15) is 0 Å². The molecule has 0 unspecified atom stereocenters. The van der Waals surface area contributed by atoms with Crippen molar-refractivity contribution in [1.82, 2.24) is 4.90 Å². The van der Waals surface area contributed by atoms with Crippen LogP contribution in [-0.4, -0.2) is 31.1 Å². The topological polar surface area (TPSA) is 41.7 Å². The number of ether oxygens (including phenoxy) is 1. The molecular formula is C14H19N3O. The van der Waals surface area contributed by atoms with E-state index in [-0.39, 0.29) is 0 Å². The highest BCUT2D eigenvalue weighted by molar-refractivity contribution is 5.65. The summed E-state index contributed by atoms with van der Waals surface area (Å²) >= 11 is 0. The molecular weight excluding hydrogens is 226 g/mol. The monoisotopic (exact) mass is 245 g/mol. The van der Waals surface area contributed by atoms with Crippen LogP contribution in [0.25, 0.3) is 0 Å². The highest BCUT2D eigenvalue weighted by atomic mass is 16.5. The van der Waals surface area contributed by atoms with Gasteiger partial charge in [-0.1, -0.05) is 0 Å². The van der Waals surface area contributed by atoms with Crippen molar-refractivity contribution < 1.29 is 4.74 Å². The third-order valence-electron chi connectivity index (χ3n) is 3.57. The van der Waals surface area contributed by atoms with Gasteiger partial charge in [-0.2, -0.15) is 0 Å². The molecule has 2 aliphatic rings. The van der Waals surface area contributed by atoms with Gasteiger partial charge in [0, 0.05) is 43.3 Å². The molecule has 0 atom stereocenters. The van der Waals surface area contributed by atoms with E-state index in [0.717, 1.165) is 36.3 Å². The third-order valence-corrected chi connectivity index (χ3v) is 3.57. The molecule has 0 bridgehead atoms. The van der Waals surface area contributed by atoms with Crippen molar-refractivity contribution in [1.29, 1.82) is 0 Å². The Labute approximate surface area is 108 Å². The van der Waals surface area contributed by atoms with Gasteiger partial charge < -0.3 is 20.3 Å². The maximum absolute atomic E-state index is 5.78. The highest BCUT2D eigenvalue weighted by Gasteiger charge is 2.28. The summed E-state index contributed by atoms with van der Waals surface area (Å²) in [5.74, 6) is 0.833. The Bertz CT molecular complexity index is 468. The van der Waals surface area contributed by atoms with E-state index in [0.29, 0.717) is 0 Å². The maximum atomic E-state index is 5.78. The molecule has 1 heterocycles. The Morgan fingerprint density at radius 1 is 1.22 bits per heavy atom. The first-order chi connectivity index (χ1) is 8.78. The lowest BCUT2D eigenvalue weighted by Crippen LogP contribution is -2.35. The lowest BCUT2D eigenvalue weighted by molar-refractivity contribution is 0.359. The van der Waals surface area contributed by atoms with E-state index in [1.165, 1.54) is 12.8 Å². The molecule has 96 valence electrons. The zero-order chi connectivity index (χ0) is 12.5. The van der Waals surface area contributed by atoms with E-state index < -0.39 is 0 Å². The van der Waals surface area contributed by atoms with Crippen LogP contribution < -0.4 is 15.4 Å². The first-order valence-electron chi connectivity index (χ1n) is 6.42. The quantitative estimate of drug-likeness (QED) is 0.827. The summed E-state index contributed by atoms with van der Waals surface area (Å²) in [6.07, 6.45) is 7.01. The minimum absolute atomic E-state index is 0.733. The Morgan fingerprint density at radius 3 is 2.67 bits per heavy atom. The first-order valence-corrected chi connectivity index (χ1v) is 6.42. The zero-order valence-corrected chi connectivity index (χ0v) is 10.7. The van der Waals surface area contributed by atoms with E-state index in [1.54, 1.807) is 7.11 Å². The summed E-state index contributed by atoms with van der Waals surface area (Å²) in [6, 6.07) is 6.59. The average Bonchev–Trinajstić information content (AvgIpc) is 3.23. The molecule has 3 rings (SSSR count). The second kappa shape index (κ2) is 4.44. The molecule has 1 aliphatic heterocycles. The van der Waals surface area contributed by atoms with Gasteiger partial charge in [0.15, 0.2) is 0 Å². The first kappa shape index (κ1) is 11.3. The molecule has 1 aromatic carbocycles. The van der Waals surface area contributed by atoms with Gasteiger partial charge in [0.1, 0.15) is 5.75 Å². The minimum Gasteiger partial charge on any atom is -0.494 e. The van der Waals surface area contributed by atoms with E-state index >= 15 is 0 Å². The number of methoxy groups -OCH3 is 1. The Hall–Kier alpha value is -1.84. The third kappa shape index (κ3) is 2.10. The van der Waals surface area contributed by atoms with Crippen LogP contribution in [0.5, 0.6) is 5.75 Å². The second-order valence-electron chi connectivity index (χ2n) is 4.89. The second-order valence-corrected chi connectivity index (χ2v) is 4.89. The van der Waals surface area contributed by atoms with Gasteiger partial charge in [-0.25, -0.2) is 0 Å². The smallest absolute Gasteiger partial charge is 0.144 e. The molecule has 0 spiro atoms. The molecule has 1 aliphatic carbocycles. The van der Waals surface area contributed by atoms with E-state index in [4.69, 9.17) is 10.5 Å². The molecule has 1 saturated carbocycles. The van der Waals surface area contributed by atoms with Gasteiger partial charge >= 0.3 is 0 Å². The maximum Gasteiger partial charge on any atom is 0.144 e. The van der Waals surface area contributed by atoms with Crippen LogP contribution in [0.4, 0.5) is 11.4 Å². The van der Waals surface area contributed by atoms with Gasteiger partial charge in [-0.05, 0) is 25.0 Å². The van der Waals surface area contributed by atoms with Crippen molar-refractivity contribution in [3.8, 4) is 5.75 Å². The predicted octanol–water partition coefficient (Wildman–Crippen LogP) is 2.03. The molecule has 0 radical (unpaired) electrons. The van der Waals surface area contributed by atoms with Crippen molar-refractivity contribution >= 4 is 11.4 Å². The number of nitrogens with zero attached hydrogens (tertiary/aromatic N) is 2. The lowest BCUT2D eigenvalue weighted by atomic mass is 10.2. The Balaban J connectivity index is 1.80. The van der Waals surface area contributed by atoms with Gasteiger partial charge in [-0.3, -0.25) is 0 Å². The number of nitrogen functional groups attached to an aromatic ring is 1. The summed E-state index contributed by atoms with van der Waals surface area (Å²) in [5, 5.41) is 0. The van der Waals surface area contributed by atoms with Crippen LogP contribution in [0.1, 0.15) is 12.8 Å². The summed E-state index contributed by atoms with van der Waals surface area (Å²) in [4.78, 5) is 4.65. The Kier molecular flexibility index (Phi) is 2.78. The minimum atomic E-state index is 0.733. The average molecular weight is 245 g/mol. The SMILES string of the molecule is COc1cc(N)ccc1N1C=CN(C2CC2)CC1. The number of anilines is 2. The Morgan fingerprint density at radius 2 is 2.06 bits per heavy atom. The summed E-state index contributed by atoms with van der Waals surface area (Å²) in [5.41, 5.74) is 7.59. The summed E-state index contributed by atoms with van der Waals surface area (Å²) in [6.45, 7) is 2.07. The number of hydrogen-bond donors (Lipinski definition) is 1. The fourth-order valence-electron chi connectivity index (χ4n) is 2.38. The fraction of sp³-hybridized carbons (Fsp3) is 0.429. The molecule has 18 heavy (non-hydrogen) atoms. The highest BCUT2D eigenvalue weighted by Crippen LogP contribution is 2.33. The van der Waals surface area contributed by atoms with Crippen molar-refractivity contribution in [2.45, 2.75) is 18.9 Å². The van der Waals surface area contributed by atoms with Crippen LogP contribution in [-0.2, 0) is 0 Å². The molecule has 1 fully saturated rings.